The molecule has 3 aromatic rings. The van der Waals surface area contributed by atoms with Gasteiger partial charge in [0.1, 0.15) is 10.6 Å². The fourth-order valence-electron chi connectivity index (χ4n) is 1.91. The van der Waals surface area contributed by atoms with Gasteiger partial charge in [-0.2, -0.15) is 0 Å². The van der Waals surface area contributed by atoms with E-state index in [-0.39, 0.29) is 22.1 Å². The minimum absolute atomic E-state index is 0.0766. The predicted molar refractivity (Wildman–Crippen MR) is 91.1 cm³/mol. The first-order chi connectivity index (χ1) is 12.0. The van der Waals surface area contributed by atoms with Crippen molar-refractivity contribution in [3.8, 4) is 11.5 Å². The largest absolute Gasteiger partial charge is 0.477 e. The summed E-state index contributed by atoms with van der Waals surface area (Å²) in [6.07, 6.45) is 1.40. The molecule has 0 bridgehead atoms. The van der Waals surface area contributed by atoms with Gasteiger partial charge in [-0.1, -0.05) is 13.8 Å². The fraction of sp³-hybridized carbons (Fsp3) is 0.125. The Kier molecular flexibility index (Phi) is 5.60. The number of nitro groups is 1. The standard InChI is InChI=1S/C14H7FN2O5S.C2H6/c15-8-5-7(17(20)21)1-2-10(8)22-11-3-4-16-9-6-12(14(18)19)23-13(9)11;1-2/h1-6H,(H,18,19);1-2H3. The second-order valence-electron chi connectivity index (χ2n) is 4.41. The number of ether oxygens (including phenoxy) is 1. The van der Waals surface area contributed by atoms with Crippen LogP contribution in [-0.4, -0.2) is 21.0 Å². The average molecular weight is 364 g/mol. The summed E-state index contributed by atoms with van der Waals surface area (Å²) in [6, 6.07) is 5.87. The molecular formula is C16H13FN2O5S. The molecule has 2 aromatic heterocycles. The molecule has 2 heterocycles. The number of rotatable bonds is 4. The van der Waals surface area contributed by atoms with E-state index in [1.54, 1.807) is 0 Å². The number of carboxylic acids is 1. The van der Waals surface area contributed by atoms with Gasteiger partial charge in [-0.25, -0.2) is 9.18 Å². The molecule has 0 saturated heterocycles. The first-order valence-corrected chi connectivity index (χ1v) is 8.01. The van der Waals surface area contributed by atoms with Crippen LogP contribution in [-0.2, 0) is 0 Å². The molecule has 1 aromatic carbocycles. The maximum atomic E-state index is 13.9. The lowest BCUT2D eigenvalue weighted by molar-refractivity contribution is -0.385. The molecule has 9 heteroatoms. The van der Waals surface area contributed by atoms with Crippen molar-refractivity contribution in [3.63, 3.8) is 0 Å². The molecule has 0 atom stereocenters. The Morgan fingerprint density at radius 2 is 2.00 bits per heavy atom. The number of thiophene rings is 1. The van der Waals surface area contributed by atoms with Crippen molar-refractivity contribution < 1.29 is 24.0 Å². The Morgan fingerprint density at radius 1 is 1.28 bits per heavy atom. The first kappa shape index (κ1) is 18.3. The molecule has 0 fully saturated rings. The highest BCUT2D eigenvalue weighted by atomic mass is 32.1. The summed E-state index contributed by atoms with van der Waals surface area (Å²) in [4.78, 5) is 25.0. The summed E-state index contributed by atoms with van der Waals surface area (Å²) >= 11 is 0.947. The molecule has 1 N–H and O–H groups in total. The van der Waals surface area contributed by atoms with Crippen LogP contribution >= 0.6 is 11.3 Å². The van der Waals surface area contributed by atoms with Gasteiger partial charge >= 0.3 is 5.97 Å². The number of fused-ring (bicyclic) bond motifs is 1. The zero-order valence-corrected chi connectivity index (χ0v) is 14.0. The normalized spacial score (nSPS) is 10.0. The van der Waals surface area contributed by atoms with Gasteiger partial charge in [0.15, 0.2) is 11.6 Å². The minimum Gasteiger partial charge on any atom is -0.477 e. The van der Waals surface area contributed by atoms with Gasteiger partial charge in [0.05, 0.1) is 21.2 Å². The van der Waals surface area contributed by atoms with Crippen LogP contribution in [0.2, 0.25) is 0 Å². The van der Waals surface area contributed by atoms with Crippen LogP contribution in [0, 0.1) is 15.9 Å². The lowest BCUT2D eigenvalue weighted by atomic mass is 10.3. The zero-order chi connectivity index (χ0) is 18.6. The number of nitro benzene ring substituents is 1. The molecular weight excluding hydrogens is 351 g/mol. The smallest absolute Gasteiger partial charge is 0.345 e. The van der Waals surface area contributed by atoms with E-state index < -0.39 is 16.7 Å². The molecule has 0 spiro atoms. The highest BCUT2D eigenvalue weighted by Crippen LogP contribution is 2.36. The van der Waals surface area contributed by atoms with E-state index in [4.69, 9.17) is 9.84 Å². The average Bonchev–Trinajstić information content (AvgIpc) is 3.04. The number of carbonyl (C=O) groups is 1. The van der Waals surface area contributed by atoms with Crippen LogP contribution in [0.1, 0.15) is 23.5 Å². The lowest BCUT2D eigenvalue weighted by Crippen LogP contribution is -1.92. The van der Waals surface area contributed by atoms with Crippen LogP contribution in [0.15, 0.2) is 36.5 Å². The van der Waals surface area contributed by atoms with Crippen LogP contribution in [0.4, 0.5) is 10.1 Å². The Bertz CT molecular complexity index is 941. The number of non-ortho nitro benzene ring substituents is 1. The van der Waals surface area contributed by atoms with E-state index >= 15 is 0 Å². The molecule has 0 radical (unpaired) electrons. The SMILES string of the molecule is CC.O=C(O)c1cc2nccc(Oc3ccc([N+](=O)[O-])cc3F)c2s1. The van der Waals surface area contributed by atoms with Crippen LogP contribution < -0.4 is 4.74 Å². The van der Waals surface area contributed by atoms with Crippen LogP contribution in [0.3, 0.4) is 0 Å². The van der Waals surface area contributed by atoms with E-state index in [9.17, 15) is 19.3 Å². The molecule has 130 valence electrons. The summed E-state index contributed by atoms with van der Waals surface area (Å²) < 4.78 is 19.8. The number of hydrogen-bond donors (Lipinski definition) is 1. The van der Waals surface area contributed by atoms with Gasteiger partial charge in [0.25, 0.3) is 5.69 Å². The number of nitrogens with zero attached hydrogens (tertiary/aromatic N) is 2. The second-order valence-corrected chi connectivity index (χ2v) is 5.47. The van der Waals surface area contributed by atoms with Crippen molar-refractivity contribution >= 4 is 33.2 Å². The molecule has 0 aliphatic rings. The lowest BCUT2D eigenvalue weighted by Gasteiger charge is -2.07. The highest BCUT2D eigenvalue weighted by molar-refractivity contribution is 7.21. The number of carboxylic acid groups (broad SMARTS) is 1. The summed E-state index contributed by atoms with van der Waals surface area (Å²) in [7, 11) is 0. The fourth-order valence-corrected chi connectivity index (χ4v) is 2.81. The Morgan fingerprint density at radius 3 is 2.60 bits per heavy atom. The van der Waals surface area contributed by atoms with Gasteiger partial charge in [-0.15, -0.1) is 11.3 Å². The van der Waals surface area contributed by atoms with Gasteiger partial charge in [0, 0.05) is 18.3 Å². The minimum atomic E-state index is -1.10. The van der Waals surface area contributed by atoms with E-state index in [0.717, 1.165) is 29.5 Å². The number of aromatic carboxylic acids is 1. The van der Waals surface area contributed by atoms with Crippen molar-refractivity contribution in [3.05, 3.63) is 57.3 Å². The van der Waals surface area contributed by atoms with E-state index in [1.807, 2.05) is 13.8 Å². The molecule has 0 unspecified atom stereocenters. The molecule has 3 rings (SSSR count). The quantitative estimate of drug-likeness (QED) is 0.524. The Labute approximate surface area is 145 Å². The van der Waals surface area contributed by atoms with Gasteiger partial charge in [-0.3, -0.25) is 15.1 Å². The number of hydrogen-bond acceptors (Lipinski definition) is 6. The van der Waals surface area contributed by atoms with Crippen molar-refractivity contribution in [2.75, 3.05) is 0 Å². The van der Waals surface area contributed by atoms with Crippen molar-refractivity contribution in [2.45, 2.75) is 13.8 Å². The first-order valence-electron chi connectivity index (χ1n) is 7.19. The summed E-state index contributed by atoms with van der Waals surface area (Å²) in [6.45, 7) is 4.00. The molecule has 0 aliphatic carbocycles. The monoisotopic (exact) mass is 364 g/mol. The van der Waals surface area contributed by atoms with Gasteiger partial charge in [-0.05, 0) is 12.1 Å². The topological polar surface area (TPSA) is 103 Å². The summed E-state index contributed by atoms with van der Waals surface area (Å²) in [5, 5.41) is 19.6. The number of benzene rings is 1. The van der Waals surface area contributed by atoms with Gasteiger partial charge in [0.2, 0.25) is 0 Å². The van der Waals surface area contributed by atoms with Crippen LogP contribution in [0.5, 0.6) is 11.5 Å². The molecule has 0 amide bonds. The third kappa shape index (κ3) is 3.89. The van der Waals surface area contributed by atoms with E-state index in [1.165, 1.54) is 18.3 Å². The second kappa shape index (κ2) is 7.67. The predicted octanol–water partition coefficient (Wildman–Crippen LogP) is 4.86. The van der Waals surface area contributed by atoms with Crippen LogP contribution in [0.25, 0.3) is 10.2 Å². The Hall–Kier alpha value is -3.07. The zero-order valence-electron chi connectivity index (χ0n) is 13.2. The maximum Gasteiger partial charge on any atom is 0.345 e. The number of halogens is 1. The number of aromatic nitrogens is 1. The highest BCUT2D eigenvalue weighted by Gasteiger charge is 2.16. The van der Waals surface area contributed by atoms with Crippen molar-refractivity contribution in [1.82, 2.24) is 4.98 Å². The molecule has 0 aliphatic heterocycles. The van der Waals surface area contributed by atoms with E-state index in [2.05, 4.69) is 4.98 Å². The van der Waals surface area contributed by atoms with E-state index in [0.29, 0.717) is 10.2 Å². The third-order valence-corrected chi connectivity index (χ3v) is 4.06. The third-order valence-electron chi connectivity index (χ3n) is 2.93. The molecule has 25 heavy (non-hydrogen) atoms. The van der Waals surface area contributed by atoms with Crippen molar-refractivity contribution in [2.24, 2.45) is 0 Å². The number of pyridine rings is 1. The van der Waals surface area contributed by atoms with Gasteiger partial charge < -0.3 is 9.84 Å². The Balaban J connectivity index is 0.00000109. The molecule has 0 saturated carbocycles. The molecule has 7 nitrogen and oxygen atoms in total. The summed E-state index contributed by atoms with van der Waals surface area (Å²) in [5.41, 5.74) is 0.0197. The summed E-state index contributed by atoms with van der Waals surface area (Å²) in [5.74, 6) is -1.96. The van der Waals surface area contributed by atoms with Crippen molar-refractivity contribution in [1.29, 1.82) is 0 Å². The maximum absolute atomic E-state index is 13.9.